The highest BCUT2D eigenvalue weighted by Gasteiger charge is 2.35. The molecule has 5 nitrogen and oxygen atoms in total. The van der Waals surface area contributed by atoms with Crippen LogP contribution >= 0.6 is 0 Å². The molecule has 1 atom stereocenters. The van der Waals surface area contributed by atoms with Crippen LogP contribution in [-0.2, 0) is 0 Å². The van der Waals surface area contributed by atoms with Crippen LogP contribution in [0.2, 0.25) is 0 Å². The number of halogens is 3. The minimum Gasteiger partial charge on any atom is -0.345 e. The van der Waals surface area contributed by atoms with Gasteiger partial charge in [-0.15, -0.1) is 0 Å². The molecule has 4 rings (SSSR count). The summed E-state index contributed by atoms with van der Waals surface area (Å²) >= 11 is 0. The minimum atomic E-state index is -4.17. The van der Waals surface area contributed by atoms with Crippen LogP contribution < -0.4 is 0 Å². The van der Waals surface area contributed by atoms with Crippen molar-refractivity contribution in [3.63, 3.8) is 0 Å². The Morgan fingerprint density at radius 1 is 1.11 bits per heavy atom. The fraction of sp³-hybridized carbons (Fsp3) is 0.350. The first-order valence-corrected chi connectivity index (χ1v) is 9.12. The number of aryl methyl sites for hydroxylation is 1. The number of hydrogen-bond donors (Lipinski definition) is 1. The fourth-order valence-electron chi connectivity index (χ4n) is 3.60. The van der Waals surface area contributed by atoms with Gasteiger partial charge in [-0.25, -0.2) is 15.0 Å². The van der Waals surface area contributed by atoms with Gasteiger partial charge in [0.05, 0.1) is 12.2 Å². The first kappa shape index (κ1) is 18.6. The standard InChI is InChI=1S/C20H20F3N5/c1-13-17(16-9-24-18(25-10-16)14-5-3-2-4-6-14)27-19(26-13)15-7-8-28(11-15)12-20(21,22)23/h2-6,9-10,15H,7-8,11-12H2,1H3,(H,26,27)/t15-/m1/s1. The van der Waals surface area contributed by atoms with Crippen LogP contribution in [0.25, 0.3) is 22.6 Å². The van der Waals surface area contributed by atoms with Gasteiger partial charge in [0.1, 0.15) is 5.82 Å². The van der Waals surface area contributed by atoms with E-state index in [1.54, 1.807) is 12.4 Å². The number of rotatable bonds is 4. The molecule has 1 saturated heterocycles. The molecule has 1 aliphatic rings. The molecule has 0 saturated carbocycles. The largest absolute Gasteiger partial charge is 0.401 e. The number of likely N-dealkylation sites (tertiary alicyclic amines) is 1. The number of aromatic nitrogens is 4. The zero-order valence-corrected chi connectivity index (χ0v) is 15.4. The van der Waals surface area contributed by atoms with Gasteiger partial charge >= 0.3 is 6.18 Å². The molecule has 3 aromatic rings. The van der Waals surface area contributed by atoms with E-state index in [-0.39, 0.29) is 5.92 Å². The van der Waals surface area contributed by atoms with E-state index in [4.69, 9.17) is 0 Å². The van der Waals surface area contributed by atoms with Crippen molar-refractivity contribution in [2.45, 2.75) is 25.4 Å². The third kappa shape index (κ3) is 4.06. The average Bonchev–Trinajstić information content (AvgIpc) is 3.28. The molecule has 0 radical (unpaired) electrons. The van der Waals surface area contributed by atoms with E-state index >= 15 is 0 Å². The van der Waals surface area contributed by atoms with Crippen molar-refractivity contribution in [2.75, 3.05) is 19.6 Å². The zero-order chi connectivity index (χ0) is 19.7. The Kier molecular flexibility index (Phi) is 4.89. The van der Waals surface area contributed by atoms with Crippen LogP contribution in [0.3, 0.4) is 0 Å². The van der Waals surface area contributed by atoms with Crippen LogP contribution in [0.1, 0.15) is 23.9 Å². The first-order chi connectivity index (χ1) is 13.4. The highest BCUT2D eigenvalue weighted by atomic mass is 19.4. The second kappa shape index (κ2) is 7.35. The molecule has 1 aliphatic heterocycles. The maximum Gasteiger partial charge on any atom is 0.401 e. The van der Waals surface area contributed by atoms with Gasteiger partial charge in [-0.2, -0.15) is 13.2 Å². The number of hydrogen-bond acceptors (Lipinski definition) is 4. The van der Waals surface area contributed by atoms with Crippen LogP contribution in [-0.4, -0.2) is 50.6 Å². The molecule has 0 unspecified atom stereocenters. The van der Waals surface area contributed by atoms with E-state index < -0.39 is 12.7 Å². The number of alkyl halides is 3. The van der Waals surface area contributed by atoms with E-state index in [1.165, 1.54) is 4.90 Å². The van der Waals surface area contributed by atoms with Gasteiger partial charge in [0.15, 0.2) is 5.82 Å². The monoisotopic (exact) mass is 387 g/mol. The number of nitrogens with zero attached hydrogens (tertiary/aromatic N) is 4. The quantitative estimate of drug-likeness (QED) is 0.729. The Morgan fingerprint density at radius 3 is 2.50 bits per heavy atom. The molecule has 8 heteroatoms. The molecule has 1 fully saturated rings. The zero-order valence-electron chi connectivity index (χ0n) is 15.4. The smallest absolute Gasteiger partial charge is 0.345 e. The van der Waals surface area contributed by atoms with Gasteiger partial charge < -0.3 is 4.98 Å². The van der Waals surface area contributed by atoms with Crippen LogP contribution in [0, 0.1) is 6.92 Å². The second-order valence-corrected chi connectivity index (χ2v) is 7.09. The van der Waals surface area contributed by atoms with Crippen LogP contribution in [0.4, 0.5) is 13.2 Å². The lowest BCUT2D eigenvalue weighted by atomic mass is 10.1. The highest BCUT2D eigenvalue weighted by molar-refractivity contribution is 5.62. The third-order valence-corrected chi connectivity index (χ3v) is 4.92. The van der Waals surface area contributed by atoms with Crippen molar-refractivity contribution in [1.29, 1.82) is 0 Å². The van der Waals surface area contributed by atoms with Gasteiger partial charge in [-0.3, -0.25) is 4.90 Å². The van der Waals surface area contributed by atoms with Gasteiger partial charge in [0.25, 0.3) is 0 Å². The second-order valence-electron chi connectivity index (χ2n) is 7.09. The molecule has 0 spiro atoms. The molecule has 0 amide bonds. The summed E-state index contributed by atoms with van der Waals surface area (Å²) in [5.41, 5.74) is 3.32. The lowest BCUT2D eigenvalue weighted by Gasteiger charge is -2.17. The lowest BCUT2D eigenvalue weighted by molar-refractivity contribution is -0.143. The van der Waals surface area contributed by atoms with Gasteiger partial charge in [0.2, 0.25) is 0 Å². The minimum absolute atomic E-state index is 0.0284. The Bertz CT molecular complexity index is 935. The van der Waals surface area contributed by atoms with Gasteiger partial charge in [-0.1, -0.05) is 30.3 Å². The summed E-state index contributed by atoms with van der Waals surface area (Å²) in [4.78, 5) is 18.2. The van der Waals surface area contributed by atoms with Crippen molar-refractivity contribution in [3.8, 4) is 22.6 Å². The molecule has 0 bridgehead atoms. The summed E-state index contributed by atoms with van der Waals surface area (Å²) in [6, 6.07) is 9.69. The Morgan fingerprint density at radius 2 is 1.82 bits per heavy atom. The number of H-pyrrole nitrogens is 1. The summed E-state index contributed by atoms with van der Waals surface area (Å²) < 4.78 is 37.8. The van der Waals surface area contributed by atoms with E-state index in [2.05, 4.69) is 19.9 Å². The van der Waals surface area contributed by atoms with Crippen LogP contribution in [0.15, 0.2) is 42.7 Å². The Balaban J connectivity index is 1.51. The Labute approximate surface area is 160 Å². The van der Waals surface area contributed by atoms with E-state index in [1.807, 2.05) is 37.3 Å². The molecule has 2 aromatic heterocycles. The fourth-order valence-corrected chi connectivity index (χ4v) is 3.60. The molecular formula is C20H20F3N5. The van der Waals surface area contributed by atoms with Crippen molar-refractivity contribution >= 4 is 0 Å². The summed E-state index contributed by atoms with van der Waals surface area (Å²) in [6.07, 6.45) is -0.0529. The summed E-state index contributed by atoms with van der Waals surface area (Å²) in [7, 11) is 0. The molecule has 0 aliphatic carbocycles. The number of imidazole rings is 1. The van der Waals surface area contributed by atoms with Crippen molar-refractivity contribution in [3.05, 3.63) is 54.2 Å². The molecule has 146 valence electrons. The van der Waals surface area contributed by atoms with Gasteiger partial charge in [0, 0.05) is 41.7 Å². The first-order valence-electron chi connectivity index (χ1n) is 9.12. The topological polar surface area (TPSA) is 57.7 Å². The van der Waals surface area contributed by atoms with Crippen molar-refractivity contribution in [1.82, 2.24) is 24.8 Å². The van der Waals surface area contributed by atoms with Crippen molar-refractivity contribution in [2.24, 2.45) is 0 Å². The number of aromatic amines is 1. The summed E-state index contributed by atoms with van der Waals surface area (Å²) in [5.74, 6) is 1.33. The van der Waals surface area contributed by atoms with Gasteiger partial charge in [-0.05, 0) is 19.9 Å². The number of benzene rings is 1. The Hall–Kier alpha value is -2.74. The summed E-state index contributed by atoms with van der Waals surface area (Å²) in [5, 5.41) is 0. The van der Waals surface area contributed by atoms with E-state index in [0.717, 1.165) is 28.3 Å². The molecular weight excluding hydrogens is 367 g/mol. The maximum atomic E-state index is 12.6. The third-order valence-electron chi connectivity index (χ3n) is 4.92. The highest BCUT2D eigenvalue weighted by Crippen LogP contribution is 2.31. The molecule has 1 N–H and O–H groups in total. The molecule has 3 heterocycles. The number of nitrogens with one attached hydrogen (secondary N) is 1. The van der Waals surface area contributed by atoms with Crippen LogP contribution in [0.5, 0.6) is 0 Å². The summed E-state index contributed by atoms with van der Waals surface area (Å²) in [6.45, 7) is 1.81. The van der Waals surface area contributed by atoms with E-state index in [0.29, 0.717) is 25.3 Å². The van der Waals surface area contributed by atoms with Crippen molar-refractivity contribution < 1.29 is 13.2 Å². The predicted octanol–water partition coefficient (Wildman–Crippen LogP) is 4.19. The SMILES string of the molecule is Cc1[nH]c([C@@H]2CCN(CC(F)(F)F)C2)nc1-c1cnc(-c2ccccc2)nc1. The average molecular weight is 387 g/mol. The molecule has 1 aromatic carbocycles. The van der Waals surface area contributed by atoms with E-state index in [9.17, 15) is 13.2 Å². The lowest BCUT2D eigenvalue weighted by Crippen LogP contribution is -2.32. The predicted molar refractivity (Wildman–Crippen MR) is 99.6 cm³/mol. The molecule has 28 heavy (non-hydrogen) atoms. The maximum absolute atomic E-state index is 12.6. The normalized spacial score (nSPS) is 17.9.